The van der Waals surface area contributed by atoms with Crippen LogP contribution in [0.4, 0.5) is 0 Å². The quantitative estimate of drug-likeness (QED) is 0.554. The number of allylic oxidation sites excluding steroid dienone is 1. The summed E-state index contributed by atoms with van der Waals surface area (Å²) < 4.78 is 1.73. The van der Waals surface area contributed by atoms with Crippen molar-refractivity contribution in [2.45, 2.75) is 13.8 Å². The molecular weight excluding hydrogens is 190 g/mol. The molecule has 0 aromatic carbocycles. The smallest absolute Gasteiger partial charge is 0.190 e. The maximum Gasteiger partial charge on any atom is 0.190 e. The maximum absolute atomic E-state index is 11.8. The summed E-state index contributed by atoms with van der Waals surface area (Å²) in [5.74, 6) is 0.00630. The van der Waals surface area contributed by atoms with Gasteiger partial charge in [0, 0.05) is 39.1 Å². The predicted octanol–water partition coefficient (Wildman–Crippen LogP) is 1.29. The fraction of sp³-hybridized carbons (Fsp3) is 0.455. The van der Waals surface area contributed by atoms with Crippen molar-refractivity contribution in [3.05, 3.63) is 29.2 Å². The van der Waals surface area contributed by atoms with Crippen molar-refractivity contribution in [3.8, 4) is 0 Å². The molecule has 1 aromatic heterocycles. The van der Waals surface area contributed by atoms with Gasteiger partial charge in [0.15, 0.2) is 5.78 Å². The number of ketones is 1. The van der Waals surface area contributed by atoms with Crippen LogP contribution in [0, 0.1) is 13.8 Å². The van der Waals surface area contributed by atoms with Gasteiger partial charge in [-0.25, -0.2) is 0 Å². The van der Waals surface area contributed by atoms with Crippen LogP contribution in [0.1, 0.15) is 21.7 Å². The minimum absolute atomic E-state index is 0.00630. The summed E-state index contributed by atoms with van der Waals surface area (Å²) in [6, 6.07) is 0. The second kappa shape index (κ2) is 4.29. The van der Waals surface area contributed by atoms with E-state index in [1.54, 1.807) is 17.0 Å². The zero-order valence-electron chi connectivity index (χ0n) is 9.90. The van der Waals surface area contributed by atoms with Crippen LogP contribution in [-0.2, 0) is 7.05 Å². The Bertz CT molecular complexity index is 402. The first-order chi connectivity index (χ1) is 6.93. The normalized spacial score (nSPS) is 11.0. The second-order valence-corrected chi connectivity index (χ2v) is 3.81. The zero-order chi connectivity index (χ0) is 11.6. The summed E-state index contributed by atoms with van der Waals surface area (Å²) in [6.07, 6.45) is 3.31. The Balaban J connectivity index is 3.01. The lowest BCUT2D eigenvalue weighted by atomic mass is 10.1. The molecule has 0 atom stereocenters. The molecule has 82 valence electrons. The molecule has 0 aliphatic rings. The van der Waals surface area contributed by atoms with Gasteiger partial charge in [-0.05, 0) is 13.8 Å². The van der Waals surface area contributed by atoms with Crippen LogP contribution in [0.15, 0.2) is 12.3 Å². The molecule has 0 bridgehead atoms. The Morgan fingerprint density at radius 2 is 2.00 bits per heavy atom. The fourth-order valence-corrected chi connectivity index (χ4v) is 1.43. The van der Waals surface area contributed by atoms with Gasteiger partial charge >= 0.3 is 0 Å². The van der Waals surface area contributed by atoms with E-state index in [0.29, 0.717) is 5.56 Å². The van der Waals surface area contributed by atoms with Crippen LogP contribution < -0.4 is 0 Å². The van der Waals surface area contributed by atoms with Crippen LogP contribution in [0.3, 0.4) is 0 Å². The van der Waals surface area contributed by atoms with Gasteiger partial charge in [0.1, 0.15) is 0 Å². The largest absolute Gasteiger partial charge is 0.383 e. The Labute approximate surface area is 90.2 Å². The molecule has 4 heteroatoms. The summed E-state index contributed by atoms with van der Waals surface area (Å²) in [4.78, 5) is 13.7. The number of aromatic nitrogens is 2. The Kier molecular flexibility index (Phi) is 3.29. The first kappa shape index (κ1) is 11.5. The van der Waals surface area contributed by atoms with Crippen molar-refractivity contribution in [2.24, 2.45) is 7.05 Å². The van der Waals surface area contributed by atoms with E-state index in [2.05, 4.69) is 5.10 Å². The summed E-state index contributed by atoms with van der Waals surface area (Å²) in [5, 5.41) is 4.21. The third-order valence-electron chi connectivity index (χ3n) is 2.28. The molecule has 0 N–H and O–H groups in total. The molecular formula is C11H17N3O. The second-order valence-electron chi connectivity index (χ2n) is 3.81. The topological polar surface area (TPSA) is 38.1 Å². The van der Waals surface area contributed by atoms with Crippen LogP contribution in [0.5, 0.6) is 0 Å². The van der Waals surface area contributed by atoms with E-state index in [-0.39, 0.29) is 5.78 Å². The van der Waals surface area contributed by atoms with E-state index >= 15 is 0 Å². The van der Waals surface area contributed by atoms with Gasteiger partial charge in [0.05, 0.1) is 11.3 Å². The van der Waals surface area contributed by atoms with Gasteiger partial charge in [-0.2, -0.15) is 5.10 Å². The van der Waals surface area contributed by atoms with Crippen molar-refractivity contribution in [3.63, 3.8) is 0 Å². The summed E-state index contributed by atoms with van der Waals surface area (Å²) in [7, 11) is 5.61. The van der Waals surface area contributed by atoms with E-state index in [0.717, 1.165) is 11.4 Å². The standard InChI is InChI=1S/C11H17N3O/c1-8-11(9(2)14(5)12-8)10(15)6-7-13(3)4/h6-7H,1-5H3. The van der Waals surface area contributed by atoms with Gasteiger partial charge in [0.2, 0.25) is 0 Å². The van der Waals surface area contributed by atoms with Crippen LogP contribution in [-0.4, -0.2) is 34.6 Å². The summed E-state index contributed by atoms with van der Waals surface area (Å²) in [5.41, 5.74) is 2.39. The average Bonchev–Trinajstić information content (AvgIpc) is 2.37. The van der Waals surface area contributed by atoms with E-state index in [1.165, 1.54) is 0 Å². The molecule has 0 aliphatic carbocycles. The highest BCUT2D eigenvalue weighted by molar-refractivity contribution is 6.06. The molecule has 0 amide bonds. The third-order valence-corrected chi connectivity index (χ3v) is 2.28. The average molecular weight is 207 g/mol. The fourth-order valence-electron chi connectivity index (χ4n) is 1.43. The van der Waals surface area contributed by atoms with Crippen molar-refractivity contribution in [1.29, 1.82) is 0 Å². The molecule has 0 radical (unpaired) electrons. The molecule has 1 heterocycles. The highest BCUT2D eigenvalue weighted by Gasteiger charge is 2.14. The first-order valence-corrected chi connectivity index (χ1v) is 4.82. The highest BCUT2D eigenvalue weighted by atomic mass is 16.1. The van der Waals surface area contributed by atoms with E-state index in [9.17, 15) is 4.79 Å². The Hall–Kier alpha value is -1.58. The van der Waals surface area contributed by atoms with Crippen molar-refractivity contribution >= 4 is 5.78 Å². The number of carbonyl (C=O) groups excluding carboxylic acids is 1. The summed E-state index contributed by atoms with van der Waals surface area (Å²) >= 11 is 0. The van der Waals surface area contributed by atoms with Gasteiger partial charge in [-0.3, -0.25) is 9.48 Å². The van der Waals surface area contributed by atoms with Crippen molar-refractivity contribution in [2.75, 3.05) is 14.1 Å². The zero-order valence-corrected chi connectivity index (χ0v) is 9.90. The SMILES string of the molecule is Cc1nn(C)c(C)c1C(=O)C=CN(C)C. The maximum atomic E-state index is 11.8. The lowest BCUT2D eigenvalue weighted by Crippen LogP contribution is -2.04. The number of nitrogens with zero attached hydrogens (tertiary/aromatic N) is 3. The molecule has 1 aromatic rings. The van der Waals surface area contributed by atoms with Crippen LogP contribution in [0.25, 0.3) is 0 Å². The van der Waals surface area contributed by atoms with Gasteiger partial charge in [0.25, 0.3) is 0 Å². The molecule has 1 rings (SSSR count). The van der Waals surface area contributed by atoms with E-state index < -0.39 is 0 Å². The van der Waals surface area contributed by atoms with Crippen molar-refractivity contribution in [1.82, 2.24) is 14.7 Å². The number of hydrogen-bond donors (Lipinski definition) is 0. The lowest BCUT2D eigenvalue weighted by Gasteiger charge is -2.02. The van der Waals surface area contributed by atoms with Gasteiger partial charge < -0.3 is 4.90 Å². The molecule has 15 heavy (non-hydrogen) atoms. The number of rotatable bonds is 3. The lowest BCUT2D eigenvalue weighted by molar-refractivity contribution is 0.104. The Morgan fingerprint density at radius 1 is 1.40 bits per heavy atom. The Morgan fingerprint density at radius 3 is 2.40 bits per heavy atom. The minimum Gasteiger partial charge on any atom is -0.383 e. The summed E-state index contributed by atoms with van der Waals surface area (Å²) in [6.45, 7) is 3.75. The van der Waals surface area contributed by atoms with Crippen molar-refractivity contribution < 1.29 is 4.79 Å². The van der Waals surface area contributed by atoms with Gasteiger partial charge in [-0.15, -0.1) is 0 Å². The third kappa shape index (κ3) is 2.46. The molecule has 0 saturated heterocycles. The minimum atomic E-state index is 0.00630. The first-order valence-electron chi connectivity index (χ1n) is 4.82. The van der Waals surface area contributed by atoms with Gasteiger partial charge in [-0.1, -0.05) is 0 Å². The van der Waals surface area contributed by atoms with Crippen LogP contribution >= 0.6 is 0 Å². The number of aryl methyl sites for hydroxylation is 2. The molecule has 0 unspecified atom stereocenters. The number of carbonyl (C=O) groups is 1. The van der Waals surface area contributed by atoms with E-state index in [4.69, 9.17) is 0 Å². The van der Waals surface area contributed by atoms with Crippen LogP contribution in [0.2, 0.25) is 0 Å². The molecule has 4 nitrogen and oxygen atoms in total. The molecule has 0 spiro atoms. The molecule has 0 fully saturated rings. The monoisotopic (exact) mass is 207 g/mol. The van der Waals surface area contributed by atoms with E-state index in [1.807, 2.05) is 39.9 Å². The predicted molar refractivity (Wildman–Crippen MR) is 59.8 cm³/mol. The molecule has 0 aliphatic heterocycles. The molecule has 0 saturated carbocycles. The highest BCUT2D eigenvalue weighted by Crippen LogP contribution is 2.12. The number of hydrogen-bond acceptors (Lipinski definition) is 3.